The van der Waals surface area contributed by atoms with Crippen LogP contribution in [0.15, 0.2) is 60.9 Å². The molecular weight excluding hydrogens is 523 g/mol. The van der Waals surface area contributed by atoms with E-state index in [1.165, 1.54) is 42.7 Å². The SMILES string of the molecule is N#Cc1cnccc1-c1cc(NC(=O)c2cc(F)cc(Cl)c2)c2c(n1)C(=O)NC2c1cc(F)ccc1Cl. The second-order valence-electron chi connectivity index (χ2n) is 8.03. The predicted molar refractivity (Wildman–Crippen MR) is 132 cm³/mol. The summed E-state index contributed by atoms with van der Waals surface area (Å²) in [6.45, 7) is 0. The topological polar surface area (TPSA) is 108 Å². The van der Waals surface area contributed by atoms with Gasteiger partial charge < -0.3 is 10.6 Å². The molecule has 3 heterocycles. The zero-order chi connectivity index (χ0) is 26.3. The summed E-state index contributed by atoms with van der Waals surface area (Å²) in [5, 5.41) is 15.1. The number of carbonyl (C=O) groups excluding carboxylic acids is 2. The third kappa shape index (κ3) is 4.60. The van der Waals surface area contributed by atoms with E-state index in [0.717, 1.165) is 12.1 Å². The number of pyridine rings is 2. The maximum absolute atomic E-state index is 14.1. The third-order valence-corrected chi connectivity index (χ3v) is 6.26. The number of carbonyl (C=O) groups is 2. The van der Waals surface area contributed by atoms with Gasteiger partial charge in [-0.25, -0.2) is 13.8 Å². The van der Waals surface area contributed by atoms with Crippen LogP contribution in [0.5, 0.6) is 0 Å². The Morgan fingerprint density at radius 3 is 2.65 bits per heavy atom. The molecule has 2 aromatic carbocycles. The molecule has 0 saturated heterocycles. The van der Waals surface area contributed by atoms with Crippen molar-refractivity contribution in [2.45, 2.75) is 6.04 Å². The lowest BCUT2D eigenvalue weighted by Gasteiger charge is -2.18. The Morgan fingerprint density at radius 2 is 1.89 bits per heavy atom. The molecule has 1 aliphatic heterocycles. The number of amides is 2. The molecule has 5 rings (SSSR count). The maximum atomic E-state index is 14.1. The number of nitrogens with one attached hydrogen (secondary N) is 2. The number of hydrogen-bond acceptors (Lipinski definition) is 5. The zero-order valence-corrected chi connectivity index (χ0v) is 20.0. The highest BCUT2D eigenvalue weighted by Gasteiger charge is 2.36. The molecule has 1 unspecified atom stereocenters. The molecule has 0 aliphatic carbocycles. The van der Waals surface area contributed by atoms with Crippen LogP contribution in [0.2, 0.25) is 10.0 Å². The fourth-order valence-electron chi connectivity index (χ4n) is 4.09. The first-order valence-electron chi connectivity index (χ1n) is 10.7. The fourth-order valence-corrected chi connectivity index (χ4v) is 4.54. The van der Waals surface area contributed by atoms with Crippen LogP contribution < -0.4 is 10.6 Å². The molecule has 37 heavy (non-hydrogen) atoms. The molecule has 182 valence electrons. The first-order valence-corrected chi connectivity index (χ1v) is 11.4. The average Bonchev–Trinajstić information content (AvgIpc) is 3.21. The summed E-state index contributed by atoms with van der Waals surface area (Å²) < 4.78 is 28.0. The van der Waals surface area contributed by atoms with Crippen LogP contribution in [0.3, 0.4) is 0 Å². The van der Waals surface area contributed by atoms with Crippen molar-refractivity contribution in [1.82, 2.24) is 15.3 Å². The number of nitrogens with zero attached hydrogens (tertiary/aromatic N) is 3. The fraction of sp³-hybridized carbons (Fsp3) is 0.0385. The predicted octanol–water partition coefficient (Wildman–Crippen LogP) is 5.69. The monoisotopic (exact) mass is 535 g/mol. The molecular formula is C26H13Cl2F2N5O2. The van der Waals surface area contributed by atoms with E-state index >= 15 is 0 Å². The largest absolute Gasteiger partial charge is 0.340 e. The Kier molecular flexibility index (Phi) is 6.29. The van der Waals surface area contributed by atoms with Crippen LogP contribution in [0, 0.1) is 23.0 Å². The maximum Gasteiger partial charge on any atom is 0.271 e. The Bertz CT molecular complexity index is 1630. The lowest BCUT2D eigenvalue weighted by Crippen LogP contribution is -2.21. The molecule has 2 aromatic heterocycles. The minimum absolute atomic E-state index is 0.0162. The van der Waals surface area contributed by atoms with Crippen molar-refractivity contribution in [3.8, 4) is 17.3 Å². The van der Waals surface area contributed by atoms with E-state index < -0.39 is 29.5 Å². The standard InChI is InChI=1S/C26H13Cl2F2N5O2/c27-14-5-12(6-16(30)7-14)25(36)34-21-9-20(17-3-4-32-11-13(17)10-31)33-24-22(21)23(35-26(24)37)18-8-15(29)1-2-19(18)28/h1-9,11,23H,(H,35,37)(H,33,34,36). The van der Waals surface area contributed by atoms with Gasteiger partial charge in [-0.3, -0.25) is 14.6 Å². The van der Waals surface area contributed by atoms with Crippen LogP contribution in [-0.2, 0) is 0 Å². The van der Waals surface area contributed by atoms with Gasteiger partial charge in [-0.2, -0.15) is 5.26 Å². The molecule has 0 radical (unpaired) electrons. The van der Waals surface area contributed by atoms with Gasteiger partial charge in [-0.15, -0.1) is 0 Å². The minimum atomic E-state index is -0.952. The highest BCUT2D eigenvalue weighted by Crippen LogP contribution is 2.40. The van der Waals surface area contributed by atoms with E-state index in [1.54, 1.807) is 6.07 Å². The third-order valence-electron chi connectivity index (χ3n) is 5.70. The molecule has 4 aromatic rings. The van der Waals surface area contributed by atoms with Gasteiger partial charge in [-0.05, 0) is 48.5 Å². The number of anilines is 1. The highest BCUT2D eigenvalue weighted by molar-refractivity contribution is 6.31. The molecule has 2 N–H and O–H groups in total. The lowest BCUT2D eigenvalue weighted by molar-refractivity contribution is 0.0955. The van der Waals surface area contributed by atoms with E-state index in [1.807, 2.05) is 6.07 Å². The Labute approximate surface area is 218 Å². The lowest BCUT2D eigenvalue weighted by atomic mass is 9.96. The molecule has 11 heteroatoms. The van der Waals surface area contributed by atoms with Gasteiger partial charge in [0.2, 0.25) is 0 Å². The number of halogens is 4. The first-order chi connectivity index (χ1) is 17.7. The van der Waals surface area contributed by atoms with Gasteiger partial charge in [0, 0.05) is 44.7 Å². The molecule has 1 aliphatic rings. The van der Waals surface area contributed by atoms with Gasteiger partial charge in [0.15, 0.2) is 0 Å². The van der Waals surface area contributed by atoms with Crippen molar-refractivity contribution in [3.63, 3.8) is 0 Å². The summed E-state index contributed by atoms with van der Waals surface area (Å²) in [5.74, 6) is -2.62. The summed E-state index contributed by atoms with van der Waals surface area (Å²) in [4.78, 5) is 34.5. The summed E-state index contributed by atoms with van der Waals surface area (Å²) in [7, 11) is 0. The van der Waals surface area contributed by atoms with E-state index in [2.05, 4.69) is 20.6 Å². The number of nitriles is 1. The van der Waals surface area contributed by atoms with Gasteiger partial charge in [0.1, 0.15) is 23.4 Å². The smallest absolute Gasteiger partial charge is 0.271 e. The van der Waals surface area contributed by atoms with Gasteiger partial charge in [0.25, 0.3) is 11.8 Å². The van der Waals surface area contributed by atoms with Crippen molar-refractivity contribution < 1.29 is 18.4 Å². The molecule has 0 fully saturated rings. The number of benzene rings is 2. The minimum Gasteiger partial charge on any atom is -0.340 e. The Balaban J connectivity index is 1.71. The molecule has 0 spiro atoms. The van der Waals surface area contributed by atoms with Crippen molar-refractivity contribution in [2.24, 2.45) is 0 Å². The zero-order valence-electron chi connectivity index (χ0n) is 18.5. The highest BCUT2D eigenvalue weighted by atomic mass is 35.5. The molecule has 0 bridgehead atoms. The first kappa shape index (κ1) is 24.3. The van der Waals surface area contributed by atoms with E-state index in [0.29, 0.717) is 5.56 Å². The Hall–Kier alpha value is -4.39. The number of fused-ring (bicyclic) bond motifs is 1. The van der Waals surface area contributed by atoms with Crippen LogP contribution in [-0.4, -0.2) is 21.8 Å². The number of hydrogen-bond donors (Lipinski definition) is 2. The Morgan fingerprint density at radius 1 is 1.08 bits per heavy atom. The van der Waals surface area contributed by atoms with E-state index in [9.17, 15) is 23.6 Å². The van der Waals surface area contributed by atoms with Gasteiger partial charge in [0.05, 0.1) is 23.0 Å². The van der Waals surface area contributed by atoms with E-state index in [-0.39, 0.29) is 49.4 Å². The van der Waals surface area contributed by atoms with E-state index in [4.69, 9.17) is 23.2 Å². The summed E-state index contributed by atoms with van der Waals surface area (Å²) in [6, 6.07) is 11.1. The van der Waals surface area contributed by atoms with Gasteiger partial charge in [-0.1, -0.05) is 23.2 Å². The van der Waals surface area contributed by atoms with Crippen molar-refractivity contribution in [1.29, 1.82) is 5.26 Å². The number of aromatic nitrogens is 2. The van der Waals surface area contributed by atoms with Crippen molar-refractivity contribution in [2.75, 3.05) is 5.32 Å². The summed E-state index contributed by atoms with van der Waals surface area (Å²) >= 11 is 12.2. The summed E-state index contributed by atoms with van der Waals surface area (Å²) in [6.07, 6.45) is 2.79. The van der Waals surface area contributed by atoms with Crippen LogP contribution in [0.4, 0.5) is 14.5 Å². The average molecular weight is 536 g/mol. The van der Waals surface area contributed by atoms with Crippen LogP contribution >= 0.6 is 23.2 Å². The second kappa shape index (κ2) is 9.58. The van der Waals surface area contributed by atoms with Gasteiger partial charge >= 0.3 is 0 Å². The summed E-state index contributed by atoms with van der Waals surface area (Å²) in [5.41, 5.74) is 1.21. The second-order valence-corrected chi connectivity index (χ2v) is 8.88. The normalized spacial score (nSPS) is 14.0. The van der Waals surface area contributed by atoms with Crippen LogP contribution in [0.25, 0.3) is 11.3 Å². The van der Waals surface area contributed by atoms with Crippen molar-refractivity contribution >= 4 is 40.7 Å². The molecule has 1 atom stereocenters. The molecule has 0 saturated carbocycles. The quantitative estimate of drug-likeness (QED) is 0.349. The number of rotatable bonds is 4. The molecule has 7 nitrogen and oxygen atoms in total. The van der Waals surface area contributed by atoms with Crippen molar-refractivity contribution in [3.05, 3.63) is 111 Å². The van der Waals surface area contributed by atoms with Crippen LogP contribution in [0.1, 0.15) is 43.6 Å². The molecule has 2 amide bonds.